The molecule has 14 rings (SSSR count). The number of nitrogens with one attached hydrogen (secondary N) is 5. The first-order valence-electron chi connectivity index (χ1n) is 38.1. The lowest BCUT2D eigenvalue weighted by Crippen LogP contribution is -2.53. The van der Waals surface area contributed by atoms with Crippen LogP contribution in [0.2, 0.25) is 0 Å². The van der Waals surface area contributed by atoms with Crippen LogP contribution >= 0.6 is 0 Å². The van der Waals surface area contributed by atoms with E-state index in [2.05, 4.69) is 36.9 Å². The maximum absolute atomic E-state index is 14.6. The molecule has 7 aromatic rings. The highest BCUT2D eigenvalue weighted by molar-refractivity contribution is 6.07. The molecule has 29 nitrogen and oxygen atoms in total. The number of amides is 9. The van der Waals surface area contributed by atoms with Gasteiger partial charge >= 0.3 is 6.09 Å². The summed E-state index contributed by atoms with van der Waals surface area (Å²) in [5.74, 6) is -1.72. The largest absolute Gasteiger partial charge is 0.497 e. The van der Waals surface area contributed by atoms with Crippen molar-refractivity contribution in [2.45, 2.75) is 141 Å². The van der Waals surface area contributed by atoms with Crippen LogP contribution in [0.15, 0.2) is 128 Å². The van der Waals surface area contributed by atoms with Crippen molar-refractivity contribution in [3.05, 3.63) is 155 Å². The Kier molecular flexibility index (Phi) is 22.5. The fraction of sp³-hybridized carbons (Fsp3) is 0.410. The Morgan fingerprint density at radius 3 is 2.14 bits per heavy atom. The van der Waals surface area contributed by atoms with Gasteiger partial charge in [0.2, 0.25) is 35.4 Å². The fourth-order valence-electron chi connectivity index (χ4n) is 15.8. The Bertz CT molecular complexity index is 4830. The van der Waals surface area contributed by atoms with Gasteiger partial charge in [-0.25, -0.2) is 14.4 Å². The molecule has 6 aliphatic heterocycles. The first-order chi connectivity index (χ1) is 54.1. The van der Waals surface area contributed by atoms with E-state index in [0.29, 0.717) is 90.6 Å². The van der Waals surface area contributed by atoms with Gasteiger partial charge in [-0.1, -0.05) is 85.8 Å². The van der Waals surface area contributed by atoms with E-state index < -0.39 is 73.1 Å². The van der Waals surface area contributed by atoms with Crippen LogP contribution < -0.4 is 60.1 Å². The second-order valence-electron chi connectivity index (χ2n) is 30.2. The number of fused-ring (bicyclic) bond motifs is 9. The zero-order valence-electron chi connectivity index (χ0n) is 63.7. The van der Waals surface area contributed by atoms with E-state index in [1.54, 1.807) is 58.2 Å². The number of hydrogen-bond acceptors (Lipinski definition) is 19. The quantitative estimate of drug-likeness (QED) is 0.0275. The summed E-state index contributed by atoms with van der Waals surface area (Å²) in [6.07, 6.45) is 3.44. The minimum Gasteiger partial charge on any atom is -0.497 e. The van der Waals surface area contributed by atoms with E-state index in [-0.39, 0.29) is 116 Å². The molecule has 5 atom stereocenters. The van der Waals surface area contributed by atoms with Gasteiger partial charge < -0.3 is 79.7 Å². The van der Waals surface area contributed by atoms with E-state index in [4.69, 9.17) is 28.4 Å². The molecule has 7 aliphatic rings. The van der Waals surface area contributed by atoms with Crippen molar-refractivity contribution in [3.8, 4) is 51.3 Å². The maximum atomic E-state index is 14.6. The van der Waals surface area contributed by atoms with Gasteiger partial charge in [0.25, 0.3) is 11.8 Å². The van der Waals surface area contributed by atoms with Crippen molar-refractivity contribution in [1.29, 1.82) is 0 Å². The molecular weight excluding hydrogens is 1430 g/mol. The van der Waals surface area contributed by atoms with Gasteiger partial charge in [-0.3, -0.25) is 38.4 Å². The fourth-order valence-corrected chi connectivity index (χ4v) is 15.8. The Balaban J connectivity index is 0.556. The van der Waals surface area contributed by atoms with E-state index in [0.717, 1.165) is 57.0 Å². The van der Waals surface area contributed by atoms with Crippen molar-refractivity contribution in [3.63, 3.8) is 0 Å². The maximum Gasteiger partial charge on any atom is 0.416 e. The van der Waals surface area contributed by atoms with Crippen LogP contribution in [0.5, 0.6) is 28.7 Å². The number of aromatic nitrogens is 3. The molecule has 1 aromatic heterocycles. The predicted octanol–water partition coefficient (Wildman–Crippen LogP) is 9.24. The number of benzene rings is 6. The number of carbonyl (C=O) groups is 9. The average Bonchev–Trinajstić information content (AvgIpc) is 1.56. The summed E-state index contributed by atoms with van der Waals surface area (Å²) in [7, 11) is 4.58. The highest BCUT2D eigenvalue weighted by atomic mass is 16.6. The van der Waals surface area contributed by atoms with E-state index in [1.807, 2.05) is 111 Å². The van der Waals surface area contributed by atoms with Crippen LogP contribution in [-0.2, 0) is 46.7 Å². The Hall–Kier alpha value is -12.0. The van der Waals surface area contributed by atoms with Gasteiger partial charge in [0.15, 0.2) is 29.2 Å². The number of anilines is 4. The molecule has 9 amide bonds. The summed E-state index contributed by atoms with van der Waals surface area (Å²) in [6, 6.07) is 33.2. The number of hydrogen-bond donors (Lipinski definition) is 6. The van der Waals surface area contributed by atoms with Crippen molar-refractivity contribution < 1.29 is 76.7 Å². The molecule has 1 saturated carbocycles. The third kappa shape index (κ3) is 16.1. The number of nitrogens with zero attached hydrogens (tertiary/aromatic N) is 8. The predicted molar refractivity (Wildman–Crippen MR) is 414 cm³/mol. The van der Waals surface area contributed by atoms with Gasteiger partial charge in [-0.15, -0.1) is 5.10 Å². The van der Waals surface area contributed by atoms with Crippen LogP contribution in [0.25, 0.3) is 28.1 Å². The molecule has 0 bridgehead atoms. The summed E-state index contributed by atoms with van der Waals surface area (Å²) in [4.78, 5) is 133. The monoisotopic (exact) mass is 1530 g/mol. The summed E-state index contributed by atoms with van der Waals surface area (Å²) in [5.41, 5.74) is 8.65. The van der Waals surface area contributed by atoms with Crippen LogP contribution in [0.4, 0.5) is 27.5 Å². The third-order valence-electron chi connectivity index (χ3n) is 21.8. The van der Waals surface area contributed by atoms with Crippen molar-refractivity contribution >= 4 is 81.7 Å². The van der Waals surface area contributed by atoms with Crippen molar-refractivity contribution in [1.82, 2.24) is 45.6 Å². The normalized spacial score (nSPS) is 18.5. The molecule has 3 fully saturated rings. The minimum absolute atomic E-state index is 0.0268. The molecule has 112 heavy (non-hydrogen) atoms. The number of aliphatic hydroxyl groups is 1. The second kappa shape index (κ2) is 32.9. The Morgan fingerprint density at radius 1 is 0.723 bits per heavy atom. The van der Waals surface area contributed by atoms with Crippen LogP contribution in [0.3, 0.4) is 0 Å². The Morgan fingerprint density at radius 2 is 1.43 bits per heavy atom. The van der Waals surface area contributed by atoms with Gasteiger partial charge in [-0.2, -0.15) is 0 Å². The Labute approximate surface area is 648 Å². The van der Waals surface area contributed by atoms with Crippen LogP contribution in [0, 0.1) is 11.3 Å². The molecule has 29 heteroatoms. The smallest absolute Gasteiger partial charge is 0.416 e. The van der Waals surface area contributed by atoms with Gasteiger partial charge in [-0.05, 0) is 135 Å². The molecule has 6 N–H and O–H groups in total. The first kappa shape index (κ1) is 76.7. The first-order valence-corrected chi connectivity index (χ1v) is 38.1. The van der Waals surface area contributed by atoms with E-state index in [9.17, 15) is 48.3 Å². The number of rotatable bonds is 26. The van der Waals surface area contributed by atoms with E-state index in [1.165, 1.54) is 31.3 Å². The number of likely N-dealkylation sites (tertiary alicyclic amines) is 1. The average molecular weight is 1530 g/mol. The number of para-hydroxylation sites is 1. The third-order valence-corrected chi connectivity index (χ3v) is 21.8. The molecule has 6 aromatic carbocycles. The standard InChI is InChI=1S/C83H93N13O16/c1-48(2)34-62(88-78(102)64-18-12-31-91(64)74(100)43-86-72(98)42-85-71(97)27-28-73(99)93-44-52-14-8-9-15-57(52)75-76(96(49(3)4)90-89-75)58-16-10-11-17-63(58)93)77(101)87-54-23-19-50(20-24-54)46-112-82(106)95-65-39-70(68(109-7)37-60(65)80(104)94-47-83(29-30-83)40-66(94)81(95)105)111-33-13-32-110-69-38-61-59(36-67(69)108-6)79(103)92-45-53(35-55(92)41-84-61)51-21-25-56(107-5)26-22-51/h8-11,14-17,19-26,36-39,45,48-49,55,62,64,66,81,84,105H,12-13,18,27-35,40-44,46-47H2,1-7H3,(H,85,97)(H,86,98)(H,87,101)(H,88,102)/t55-,62-,64-,66-,81?/m0/s1. The van der Waals surface area contributed by atoms with Crippen molar-refractivity contribution in [2.75, 3.05) is 87.7 Å². The molecule has 586 valence electrons. The highest BCUT2D eigenvalue weighted by Gasteiger charge is 2.58. The number of ether oxygens (including phenoxy) is 6. The number of methoxy groups -OCH3 is 3. The minimum atomic E-state index is -1.50. The molecule has 1 aliphatic carbocycles. The second-order valence-corrected chi connectivity index (χ2v) is 30.2. The summed E-state index contributed by atoms with van der Waals surface area (Å²) >= 11 is 0. The molecule has 7 heterocycles. The van der Waals surface area contributed by atoms with E-state index >= 15 is 0 Å². The molecule has 0 radical (unpaired) electrons. The van der Waals surface area contributed by atoms with Crippen LogP contribution in [0.1, 0.15) is 135 Å². The topological polar surface area (TPSA) is 336 Å². The SMILES string of the molecule is COc1ccc(C2=CN3C(=O)c4cc(OC)c(OCCCOc5cc6c(cc5OC)C(=O)N5CC7(CC7)C[C@H]5C(O)N6C(=O)OCc5ccc(NC(=O)[C@H](CC(C)C)NC(=O)[C@@H]6CCCN6C(=O)CNC(=O)CNC(=O)CCC(=O)N6Cc7ccccc7-c7nnn(C(C)C)c7-c7ccccc76)cc5)cc4NC[C@@H]3C2)cc1. The number of aliphatic hydroxyl groups excluding tert-OH is 1. The summed E-state index contributed by atoms with van der Waals surface area (Å²) in [6.45, 7) is 8.28. The lowest BCUT2D eigenvalue weighted by atomic mass is 9.95. The van der Waals surface area contributed by atoms with Gasteiger partial charge in [0.05, 0.1) is 100 Å². The zero-order valence-corrected chi connectivity index (χ0v) is 63.7. The van der Waals surface area contributed by atoms with Crippen LogP contribution in [-0.4, -0.2) is 186 Å². The molecular formula is C83H93N13O16. The lowest BCUT2D eigenvalue weighted by Gasteiger charge is -2.31. The molecule has 1 unspecified atom stereocenters. The lowest BCUT2D eigenvalue weighted by molar-refractivity contribution is -0.139. The molecule has 2 saturated heterocycles. The summed E-state index contributed by atoms with van der Waals surface area (Å²) in [5, 5.41) is 35.6. The number of carbonyl (C=O) groups excluding carboxylic acids is 9. The zero-order chi connectivity index (χ0) is 78.6. The summed E-state index contributed by atoms with van der Waals surface area (Å²) < 4.78 is 37.2. The van der Waals surface area contributed by atoms with Gasteiger partial charge in [0, 0.05) is 80.1 Å². The molecule has 1 spiro atoms. The van der Waals surface area contributed by atoms with Gasteiger partial charge in [0.1, 0.15) is 30.1 Å². The van der Waals surface area contributed by atoms with Crippen molar-refractivity contribution in [2.24, 2.45) is 11.3 Å². The highest BCUT2D eigenvalue weighted by Crippen LogP contribution is 2.57.